The van der Waals surface area contributed by atoms with Crippen molar-refractivity contribution in [3.63, 3.8) is 0 Å². The first-order valence-corrected chi connectivity index (χ1v) is 7.95. The molecule has 0 aromatic heterocycles. The highest BCUT2D eigenvalue weighted by molar-refractivity contribution is 7.92. The van der Waals surface area contributed by atoms with Crippen molar-refractivity contribution >= 4 is 21.6 Å². The van der Waals surface area contributed by atoms with Crippen molar-refractivity contribution in [3.05, 3.63) is 29.3 Å². The molecule has 6 heteroatoms. The summed E-state index contributed by atoms with van der Waals surface area (Å²) >= 11 is 0. The molecular weight excluding hydrogens is 264 g/mol. The van der Waals surface area contributed by atoms with Crippen molar-refractivity contribution in [3.8, 4) is 0 Å². The predicted molar refractivity (Wildman–Crippen MR) is 77.1 cm³/mol. The minimum atomic E-state index is -3.29. The van der Waals surface area contributed by atoms with Crippen molar-refractivity contribution in [2.75, 3.05) is 24.2 Å². The molecule has 0 fully saturated rings. The lowest BCUT2D eigenvalue weighted by molar-refractivity contribution is 0.0953. The number of hydrogen-bond acceptors (Lipinski definition) is 3. The third kappa shape index (κ3) is 3.96. The van der Waals surface area contributed by atoms with E-state index in [-0.39, 0.29) is 5.91 Å². The van der Waals surface area contributed by atoms with Crippen LogP contribution in [-0.4, -0.2) is 34.2 Å². The van der Waals surface area contributed by atoms with Crippen molar-refractivity contribution in [1.29, 1.82) is 0 Å². The average Bonchev–Trinajstić information content (AvgIpc) is 2.33. The molecule has 0 radical (unpaired) electrons. The van der Waals surface area contributed by atoms with Crippen molar-refractivity contribution < 1.29 is 13.2 Å². The Balaban J connectivity index is 3.01. The number of nitrogens with one attached hydrogen (secondary N) is 1. The summed E-state index contributed by atoms with van der Waals surface area (Å²) in [5.74, 6) is -0.140. The number of carbonyl (C=O) groups is 1. The molecule has 0 aliphatic heterocycles. The molecule has 0 saturated heterocycles. The van der Waals surface area contributed by atoms with E-state index in [4.69, 9.17) is 0 Å². The van der Waals surface area contributed by atoms with E-state index < -0.39 is 10.0 Å². The molecule has 0 unspecified atom stereocenters. The number of sulfonamides is 1. The van der Waals surface area contributed by atoms with Gasteiger partial charge in [0.2, 0.25) is 10.0 Å². The fraction of sp³-hybridized carbons (Fsp3) is 0.462. The second-order valence-corrected chi connectivity index (χ2v) is 6.50. The number of amides is 1. The van der Waals surface area contributed by atoms with Gasteiger partial charge in [0.15, 0.2) is 0 Å². The summed E-state index contributed by atoms with van der Waals surface area (Å²) in [5.41, 5.74) is 1.86. The van der Waals surface area contributed by atoms with E-state index in [9.17, 15) is 13.2 Å². The minimum absolute atomic E-state index is 0.140. The van der Waals surface area contributed by atoms with Gasteiger partial charge in [-0.3, -0.25) is 9.10 Å². The van der Waals surface area contributed by atoms with Gasteiger partial charge in [0.05, 0.1) is 11.9 Å². The highest BCUT2D eigenvalue weighted by Crippen LogP contribution is 2.22. The first kappa shape index (κ1) is 15.5. The van der Waals surface area contributed by atoms with Gasteiger partial charge in [-0.15, -0.1) is 0 Å². The lowest BCUT2D eigenvalue weighted by Crippen LogP contribution is -2.26. The molecule has 1 aromatic rings. The van der Waals surface area contributed by atoms with Crippen LogP contribution in [0.3, 0.4) is 0 Å². The van der Waals surface area contributed by atoms with Crippen molar-refractivity contribution in [2.24, 2.45) is 0 Å². The highest BCUT2D eigenvalue weighted by atomic mass is 32.2. The maximum absolute atomic E-state index is 11.8. The maximum atomic E-state index is 11.8. The Hall–Kier alpha value is -1.56. The quantitative estimate of drug-likeness (QED) is 0.891. The molecule has 19 heavy (non-hydrogen) atoms. The third-order valence-corrected chi connectivity index (χ3v) is 4.02. The number of anilines is 1. The fourth-order valence-corrected chi connectivity index (χ4v) is 2.23. The molecule has 0 heterocycles. The normalized spacial score (nSPS) is 11.2. The van der Waals surface area contributed by atoms with Crippen LogP contribution < -0.4 is 9.62 Å². The smallest absolute Gasteiger partial charge is 0.251 e. The van der Waals surface area contributed by atoms with Crippen LogP contribution in [0.5, 0.6) is 0 Å². The molecule has 0 saturated carbocycles. The molecule has 5 nitrogen and oxygen atoms in total. The van der Waals surface area contributed by atoms with Gasteiger partial charge >= 0.3 is 0 Å². The first-order chi connectivity index (χ1) is 8.77. The van der Waals surface area contributed by atoms with Crippen LogP contribution in [0.25, 0.3) is 0 Å². The van der Waals surface area contributed by atoms with Crippen molar-refractivity contribution in [2.45, 2.75) is 20.3 Å². The number of aryl methyl sites for hydroxylation is 1. The SMILES string of the molecule is CCCNC(=O)c1ccc(N(C)S(C)(=O)=O)c(C)c1. The van der Waals surface area contributed by atoms with Gasteiger partial charge in [0, 0.05) is 19.2 Å². The molecule has 0 aliphatic carbocycles. The lowest BCUT2D eigenvalue weighted by Gasteiger charge is -2.19. The molecule has 0 spiro atoms. The van der Waals surface area contributed by atoms with Gasteiger partial charge in [-0.05, 0) is 37.1 Å². The second kappa shape index (κ2) is 6.06. The van der Waals surface area contributed by atoms with E-state index in [2.05, 4.69) is 5.32 Å². The summed E-state index contributed by atoms with van der Waals surface area (Å²) in [7, 11) is -1.80. The van der Waals surface area contributed by atoms with E-state index in [1.807, 2.05) is 6.92 Å². The van der Waals surface area contributed by atoms with E-state index in [0.717, 1.165) is 18.2 Å². The summed E-state index contributed by atoms with van der Waals surface area (Å²) in [6.45, 7) is 4.40. The van der Waals surface area contributed by atoms with Crippen LogP contribution in [0, 0.1) is 6.92 Å². The summed E-state index contributed by atoms with van der Waals surface area (Å²) in [6, 6.07) is 4.98. The zero-order valence-electron chi connectivity index (χ0n) is 11.7. The minimum Gasteiger partial charge on any atom is -0.352 e. The molecule has 1 amide bonds. The molecule has 0 aliphatic rings. The van der Waals surface area contributed by atoms with Gasteiger partial charge in [-0.2, -0.15) is 0 Å². The van der Waals surface area contributed by atoms with E-state index >= 15 is 0 Å². The van der Waals surface area contributed by atoms with E-state index in [1.165, 1.54) is 11.4 Å². The zero-order chi connectivity index (χ0) is 14.6. The van der Waals surface area contributed by atoms with Gasteiger partial charge in [-0.1, -0.05) is 6.92 Å². The summed E-state index contributed by atoms with van der Waals surface area (Å²) in [5, 5.41) is 2.78. The topological polar surface area (TPSA) is 66.5 Å². The van der Waals surface area contributed by atoms with Crippen LogP contribution in [0.4, 0.5) is 5.69 Å². The van der Waals surface area contributed by atoms with E-state index in [0.29, 0.717) is 17.8 Å². The molecular formula is C13H20N2O3S. The van der Waals surface area contributed by atoms with Gasteiger partial charge < -0.3 is 5.32 Å². The van der Waals surface area contributed by atoms with Crippen LogP contribution in [0.15, 0.2) is 18.2 Å². The Morgan fingerprint density at radius 3 is 2.47 bits per heavy atom. The van der Waals surface area contributed by atoms with Crippen LogP contribution in [-0.2, 0) is 10.0 Å². The van der Waals surface area contributed by atoms with Crippen LogP contribution >= 0.6 is 0 Å². The first-order valence-electron chi connectivity index (χ1n) is 6.10. The molecule has 0 atom stereocenters. The van der Waals surface area contributed by atoms with Crippen molar-refractivity contribution in [1.82, 2.24) is 5.32 Å². The summed E-state index contributed by atoms with van der Waals surface area (Å²) < 4.78 is 24.2. The number of rotatable bonds is 5. The van der Waals surface area contributed by atoms with Crippen LogP contribution in [0.2, 0.25) is 0 Å². The van der Waals surface area contributed by atoms with E-state index in [1.54, 1.807) is 25.1 Å². The Labute approximate surface area is 114 Å². The molecule has 106 valence electrons. The highest BCUT2D eigenvalue weighted by Gasteiger charge is 2.15. The number of carbonyl (C=O) groups excluding carboxylic acids is 1. The second-order valence-electron chi connectivity index (χ2n) is 4.49. The molecule has 1 N–H and O–H groups in total. The molecule has 1 aromatic carbocycles. The Kier molecular flexibility index (Phi) is 4.94. The summed E-state index contributed by atoms with van der Waals surface area (Å²) in [4.78, 5) is 11.8. The average molecular weight is 284 g/mol. The lowest BCUT2D eigenvalue weighted by atomic mass is 10.1. The number of hydrogen-bond donors (Lipinski definition) is 1. The Morgan fingerprint density at radius 2 is 2.00 bits per heavy atom. The Morgan fingerprint density at radius 1 is 1.37 bits per heavy atom. The predicted octanol–water partition coefficient (Wildman–Crippen LogP) is 1.53. The van der Waals surface area contributed by atoms with Crippen LogP contribution in [0.1, 0.15) is 29.3 Å². The Bertz CT molecular complexity index is 567. The monoisotopic (exact) mass is 284 g/mol. The summed E-state index contributed by atoms with van der Waals surface area (Å²) in [6.07, 6.45) is 2.02. The van der Waals surface area contributed by atoms with Gasteiger partial charge in [0.1, 0.15) is 0 Å². The zero-order valence-corrected chi connectivity index (χ0v) is 12.5. The molecule has 1 rings (SSSR count). The van der Waals surface area contributed by atoms with Gasteiger partial charge in [-0.25, -0.2) is 8.42 Å². The number of benzene rings is 1. The third-order valence-electron chi connectivity index (χ3n) is 2.83. The standard InChI is InChI=1S/C13H20N2O3S/c1-5-8-14-13(16)11-6-7-12(10(2)9-11)15(3)19(4,17)18/h6-7,9H,5,8H2,1-4H3,(H,14,16). The van der Waals surface area contributed by atoms with Gasteiger partial charge in [0.25, 0.3) is 5.91 Å². The number of nitrogens with zero attached hydrogens (tertiary/aromatic N) is 1. The maximum Gasteiger partial charge on any atom is 0.251 e. The molecule has 0 bridgehead atoms. The fourth-order valence-electron chi connectivity index (χ4n) is 1.67. The largest absolute Gasteiger partial charge is 0.352 e.